The third kappa shape index (κ3) is 13.0. The molecular weight excluding hydrogens is 218 g/mol. The molecule has 0 heterocycles. The molecule has 5 nitrogen and oxygen atoms in total. The highest BCUT2D eigenvalue weighted by molar-refractivity contribution is 5.87. The van der Waals surface area contributed by atoms with Crippen LogP contribution in [0.2, 0.25) is 0 Å². The van der Waals surface area contributed by atoms with Crippen molar-refractivity contribution in [1.82, 2.24) is 10.2 Å². The summed E-state index contributed by atoms with van der Waals surface area (Å²) in [5.41, 5.74) is 5.52. The first kappa shape index (κ1) is 18.4. The van der Waals surface area contributed by atoms with Gasteiger partial charge in [-0.15, -0.1) is 0 Å². The van der Waals surface area contributed by atoms with Crippen LogP contribution in [0.1, 0.15) is 35.0 Å². The molecule has 0 aromatic carbocycles. The van der Waals surface area contributed by atoms with Crippen LogP contribution >= 0.6 is 0 Å². The van der Waals surface area contributed by atoms with Gasteiger partial charge in [0.25, 0.3) is 0 Å². The van der Waals surface area contributed by atoms with Crippen LogP contribution in [-0.2, 0) is 9.59 Å². The summed E-state index contributed by atoms with van der Waals surface area (Å²) in [5, 5.41) is 2.70. The number of carbonyl (C=O) groups is 2. The average molecular weight is 247 g/mol. The Hall–Kier alpha value is -0.940. The van der Waals surface area contributed by atoms with Gasteiger partial charge in [-0.05, 0) is 34.0 Å². The van der Waals surface area contributed by atoms with E-state index in [2.05, 4.69) is 5.32 Å². The van der Waals surface area contributed by atoms with Gasteiger partial charge in [-0.2, -0.15) is 0 Å². The van der Waals surface area contributed by atoms with Gasteiger partial charge in [0.2, 0.25) is 5.91 Å². The van der Waals surface area contributed by atoms with E-state index >= 15 is 0 Å². The fourth-order valence-corrected chi connectivity index (χ4v) is 1.14. The molecule has 0 aliphatic rings. The predicted molar refractivity (Wildman–Crippen MR) is 72.9 cm³/mol. The molecular formula is C12H29N3O2. The second-order valence-electron chi connectivity index (χ2n) is 3.96. The first-order valence-corrected chi connectivity index (χ1v) is 6.11. The molecule has 1 atom stereocenters. The molecule has 0 spiro atoms. The summed E-state index contributed by atoms with van der Waals surface area (Å²) in [5.74, 6) is -0.310. The number of hydrogen-bond donors (Lipinski definition) is 2. The van der Waals surface area contributed by atoms with E-state index in [0.29, 0.717) is 6.54 Å². The van der Waals surface area contributed by atoms with Crippen molar-refractivity contribution in [3.05, 3.63) is 0 Å². The van der Waals surface area contributed by atoms with Gasteiger partial charge in [0, 0.05) is 14.4 Å². The number of nitrogens with two attached hydrogens (primary N) is 1. The summed E-state index contributed by atoms with van der Waals surface area (Å²) < 4.78 is 0. The van der Waals surface area contributed by atoms with E-state index in [1.54, 1.807) is 0 Å². The summed E-state index contributed by atoms with van der Waals surface area (Å²) >= 11 is 0. The number of hydrogen-bond acceptors (Lipinski definition) is 4. The molecule has 0 radical (unpaired) electrons. The van der Waals surface area contributed by atoms with Gasteiger partial charge in [0.05, 0.1) is 6.04 Å². The summed E-state index contributed by atoms with van der Waals surface area (Å²) in [4.78, 5) is 24.1. The fraction of sp³-hybridized carbons (Fsp3) is 0.833. The maximum absolute atomic E-state index is 11.3. The number of ketones is 1. The van der Waals surface area contributed by atoms with Crippen LogP contribution in [-0.4, -0.2) is 49.8 Å². The first-order valence-electron chi connectivity index (χ1n) is 6.11. The third-order valence-electron chi connectivity index (χ3n) is 1.93. The summed E-state index contributed by atoms with van der Waals surface area (Å²) in [6.07, 6.45) is 0.991. The highest BCUT2D eigenvalue weighted by Crippen LogP contribution is 1.90. The standard InChI is InChI=1S/C10H21N3O2.C2H6.H2/c1-8(14)7-9(11)10(15)12-5-4-6-13(2)3;1-2;/h9H,4-7,11H2,1-3H3,(H,12,15);1-2H3;1H/t9-;;/m1../s1. The summed E-state index contributed by atoms with van der Waals surface area (Å²) in [6.45, 7) is 6.95. The quantitative estimate of drug-likeness (QED) is 0.647. The van der Waals surface area contributed by atoms with Crippen LogP contribution in [0.5, 0.6) is 0 Å². The maximum atomic E-state index is 11.3. The number of amides is 1. The van der Waals surface area contributed by atoms with E-state index in [4.69, 9.17) is 5.73 Å². The molecule has 0 bridgehead atoms. The van der Waals surface area contributed by atoms with Crippen molar-refractivity contribution in [3.8, 4) is 0 Å². The topological polar surface area (TPSA) is 75.4 Å². The van der Waals surface area contributed by atoms with Crippen LogP contribution in [0.25, 0.3) is 0 Å². The minimum absolute atomic E-state index is 0. The smallest absolute Gasteiger partial charge is 0.237 e. The number of nitrogens with zero attached hydrogens (tertiary/aromatic N) is 1. The Balaban J connectivity index is -0.000000709. The minimum Gasteiger partial charge on any atom is -0.355 e. The Labute approximate surface area is 106 Å². The minimum atomic E-state index is -0.707. The van der Waals surface area contributed by atoms with Gasteiger partial charge in [-0.3, -0.25) is 9.59 Å². The number of Topliss-reactive ketones (excluding diaryl/α,β-unsaturated/α-hetero) is 1. The first-order chi connectivity index (χ1) is 7.93. The monoisotopic (exact) mass is 247 g/mol. The average Bonchev–Trinajstić information content (AvgIpc) is 2.25. The van der Waals surface area contributed by atoms with Crippen LogP contribution < -0.4 is 11.1 Å². The number of nitrogens with one attached hydrogen (secondary N) is 1. The molecule has 0 fully saturated rings. The Morgan fingerprint density at radius 2 is 1.88 bits per heavy atom. The summed E-state index contributed by atoms with van der Waals surface area (Å²) in [6, 6.07) is -0.707. The fourth-order valence-electron chi connectivity index (χ4n) is 1.14. The molecule has 3 N–H and O–H groups in total. The summed E-state index contributed by atoms with van der Waals surface area (Å²) in [7, 11) is 3.95. The lowest BCUT2D eigenvalue weighted by Crippen LogP contribution is -2.42. The Morgan fingerprint density at radius 1 is 1.35 bits per heavy atom. The third-order valence-corrected chi connectivity index (χ3v) is 1.93. The van der Waals surface area contributed by atoms with Gasteiger partial charge in [-0.25, -0.2) is 0 Å². The molecule has 0 aliphatic heterocycles. The second-order valence-corrected chi connectivity index (χ2v) is 3.96. The van der Waals surface area contributed by atoms with Crippen molar-refractivity contribution in [2.24, 2.45) is 5.73 Å². The molecule has 0 saturated carbocycles. The van der Waals surface area contributed by atoms with E-state index in [1.165, 1.54) is 6.92 Å². The molecule has 0 aromatic rings. The highest BCUT2D eigenvalue weighted by atomic mass is 16.2. The number of rotatable bonds is 7. The van der Waals surface area contributed by atoms with Crippen molar-refractivity contribution < 1.29 is 11.0 Å². The lowest BCUT2D eigenvalue weighted by molar-refractivity contribution is -0.125. The van der Waals surface area contributed by atoms with Crippen LogP contribution in [0.15, 0.2) is 0 Å². The normalized spacial score (nSPS) is 11.5. The molecule has 5 heteroatoms. The molecule has 0 rings (SSSR count). The maximum Gasteiger partial charge on any atom is 0.237 e. The molecule has 0 aromatic heterocycles. The van der Waals surface area contributed by atoms with Crippen molar-refractivity contribution in [2.45, 2.75) is 39.7 Å². The lowest BCUT2D eigenvalue weighted by atomic mass is 10.1. The van der Waals surface area contributed by atoms with Gasteiger partial charge in [0.1, 0.15) is 5.78 Å². The molecule has 0 saturated heterocycles. The van der Waals surface area contributed by atoms with Gasteiger partial charge < -0.3 is 16.0 Å². The molecule has 17 heavy (non-hydrogen) atoms. The van der Waals surface area contributed by atoms with E-state index in [9.17, 15) is 9.59 Å². The highest BCUT2D eigenvalue weighted by Gasteiger charge is 2.14. The lowest BCUT2D eigenvalue weighted by Gasteiger charge is -2.12. The van der Waals surface area contributed by atoms with Crippen LogP contribution in [0, 0.1) is 0 Å². The molecule has 1 amide bonds. The number of carbonyl (C=O) groups excluding carboxylic acids is 2. The van der Waals surface area contributed by atoms with E-state index in [1.807, 2.05) is 32.8 Å². The van der Waals surface area contributed by atoms with E-state index in [0.717, 1.165) is 13.0 Å². The van der Waals surface area contributed by atoms with Crippen molar-refractivity contribution >= 4 is 11.7 Å². The van der Waals surface area contributed by atoms with E-state index in [-0.39, 0.29) is 19.5 Å². The second kappa shape index (κ2) is 11.5. The van der Waals surface area contributed by atoms with Crippen LogP contribution in [0.4, 0.5) is 0 Å². The zero-order chi connectivity index (χ0) is 13.8. The van der Waals surface area contributed by atoms with Crippen molar-refractivity contribution in [2.75, 3.05) is 27.2 Å². The molecule has 0 aliphatic carbocycles. The van der Waals surface area contributed by atoms with Crippen LogP contribution in [0.3, 0.4) is 0 Å². The molecule has 0 unspecified atom stereocenters. The largest absolute Gasteiger partial charge is 0.355 e. The van der Waals surface area contributed by atoms with Gasteiger partial charge >= 0.3 is 0 Å². The Kier molecular flexibility index (Phi) is 12.5. The zero-order valence-corrected chi connectivity index (χ0v) is 11.7. The van der Waals surface area contributed by atoms with E-state index < -0.39 is 6.04 Å². The SMILES string of the molecule is CC.CC(=O)C[C@@H](N)C(=O)NCCCN(C)C.[HH]. The zero-order valence-electron chi connectivity index (χ0n) is 11.7. The van der Waals surface area contributed by atoms with Gasteiger partial charge in [-0.1, -0.05) is 13.8 Å². The van der Waals surface area contributed by atoms with Crippen molar-refractivity contribution in [3.63, 3.8) is 0 Å². The Bertz CT molecular complexity index is 223. The Morgan fingerprint density at radius 3 is 2.29 bits per heavy atom. The van der Waals surface area contributed by atoms with Crippen molar-refractivity contribution in [1.29, 1.82) is 0 Å². The predicted octanol–water partition coefficient (Wildman–Crippen LogP) is 0.633. The van der Waals surface area contributed by atoms with Gasteiger partial charge in [0.15, 0.2) is 0 Å². The molecule has 104 valence electrons.